The molecule has 1 aromatic carbocycles. The first-order valence-electron chi connectivity index (χ1n) is 7.93. The van der Waals surface area contributed by atoms with Gasteiger partial charge in [-0.05, 0) is 31.2 Å². The van der Waals surface area contributed by atoms with Gasteiger partial charge in [0, 0.05) is 18.1 Å². The molecule has 2 aromatic heterocycles. The molecule has 0 radical (unpaired) electrons. The molecule has 0 atom stereocenters. The number of carbonyl (C=O) groups is 2. The van der Waals surface area contributed by atoms with Crippen molar-refractivity contribution in [1.82, 2.24) is 9.88 Å². The standard InChI is InChI=1S/C18H16FN3O3S/c1-2-20-17(24)15-8-7-12(25-15)11-22-9-10-26-18(22)21-16(23)13-5-3-4-6-14(13)19/h3-10H,2,11H2,1H3,(H,20,24). The Kier molecular flexibility index (Phi) is 5.43. The summed E-state index contributed by atoms with van der Waals surface area (Å²) < 4.78 is 20.9. The van der Waals surface area contributed by atoms with Crippen LogP contribution in [0.4, 0.5) is 4.39 Å². The van der Waals surface area contributed by atoms with Gasteiger partial charge >= 0.3 is 0 Å². The van der Waals surface area contributed by atoms with Gasteiger partial charge in [0.2, 0.25) is 0 Å². The average molecular weight is 373 g/mol. The number of furan rings is 1. The lowest BCUT2D eigenvalue weighted by Crippen LogP contribution is -2.22. The Balaban J connectivity index is 1.82. The Morgan fingerprint density at radius 1 is 1.27 bits per heavy atom. The highest BCUT2D eigenvalue weighted by molar-refractivity contribution is 7.07. The van der Waals surface area contributed by atoms with Crippen LogP contribution in [0.5, 0.6) is 0 Å². The van der Waals surface area contributed by atoms with Crippen LogP contribution in [0.15, 0.2) is 57.4 Å². The monoisotopic (exact) mass is 373 g/mol. The summed E-state index contributed by atoms with van der Waals surface area (Å²) >= 11 is 1.25. The third-order valence-electron chi connectivity index (χ3n) is 3.51. The van der Waals surface area contributed by atoms with E-state index in [0.717, 1.165) is 0 Å². The lowest BCUT2D eigenvalue weighted by Gasteiger charge is -2.01. The van der Waals surface area contributed by atoms with Gasteiger partial charge in [0.15, 0.2) is 10.6 Å². The van der Waals surface area contributed by atoms with E-state index in [1.165, 1.54) is 29.5 Å². The molecule has 0 spiro atoms. The maximum atomic E-state index is 13.7. The maximum absolute atomic E-state index is 13.7. The fraction of sp³-hybridized carbons (Fsp3) is 0.167. The van der Waals surface area contributed by atoms with Gasteiger partial charge in [-0.1, -0.05) is 12.1 Å². The number of aromatic nitrogens is 1. The number of thiazole rings is 1. The van der Waals surface area contributed by atoms with E-state index in [0.29, 0.717) is 23.7 Å². The number of halogens is 1. The molecule has 0 unspecified atom stereocenters. The van der Waals surface area contributed by atoms with Gasteiger partial charge in [0.25, 0.3) is 11.8 Å². The van der Waals surface area contributed by atoms with Crippen molar-refractivity contribution in [3.05, 3.63) is 75.7 Å². The highest BCUT2D eigenvalue weighted by atomic mass is 32.1. The van der Waals surface area contributed by atoms with Crippen molar-refractivity contribution in [1.29, 1.82) is 0 Å². The molecule has 0 fully saturated rings. The van der Waals surface area contributed by atoms with E-state index in [9.17, 15) is 14.0 Å². The van der Waals surface area contributed by atoms with Crippen LogP contribution in [0.1, 0.15) is 33.6 Å². The zero-order chi connectivity index (χ0) is 18.5. The van der Waals surface area contributed by atoms with E-state index < -0.39 is 11.7 Å². The van der Waals surface area contributed by atoms with Crippen molar-refractivity contribution in [2.45, 2.75) is 13.5 Å². The number of carbonyl (C=O) groups excluding carboxylic acids is 2. The average Bonchev–Trinajstić information content (AvgIpc) is 3.26. The molecule has 0 aliphatic rings. The minimum absolute atomic E-state index is 0.0797. The van der Waals surface area contributed by atoms with E-state index in [1.807, 2.05) is 6.92 Å². The molecule has 2 amide bonds. The third kappa shape index (κ3) is 3.97. The second-order valence-electron chi connectivity index (χ2n) is 5.34. The second-order valence-corrected chi connectivity index (χ2v) is 6.21. The van der Waals surface area contributed by atoms with E-state index in [2.05, 4.69) is 10.3 Å². The molecule has 0 aliphatic heterocycles. The van der Waals surface area contributed by atoms with Crippen molar-refractivity contribution in [2.24, 2.45) is 4.99 Å². The largest absolute Gasteiger partial charge is 0.454 e. The van der Waals surface area contributed by atoms with E-state index in [1.54, 1.807) is 34.3 Å². The summed E-state index contributed by atoms with van der Waals surface area (Å²) in [4.78, 5) is 28.4. The molecule has 0 saturated heterocycles. The zero-order valence-electron chi connectivity index (χ0n) is 13.9. The predicted molar refractivity (Wildman–Crippen MR) is 94.4 cm³/mol. The van der Waals surface area contributed by atoms with Crippen molar-refractivity contribution >= 4 is 23.2 Å². The summed E-state index contributed by atoms with van der Waals surface area (Å²) in [6.45, 7) is 2.63. The molecule has 2 heterocycles. The van der Waals surface area contributed by atoms with Gasteiger partial charge in [-0.25, -0.2) is 4.39 Å². The van der Waals surface area contributed by atoms with Crippen LogP contribution in [0.2, 0.25) is 0 Å². The van der Waals surface area contributed by atoms with Crippen LogP contribution >= 0.6 is 11.3 Å². The molecule has 6 nitrogen and oxygen atoms in total. The number of rotatable bonds is 5. The molecule has 0 bridgehead atoms. The molecule has 3 rings (SSSR count). The van der Waals surface area contributed by atoms with E-state index in [4.69, 9.17) is 4.42 Å². The van der Waals surface area contributed by atoms with Crippen LogP contribution in [0.25, 0.3) is 0 Å². The molecule has 1 N–H and O–H groups in total. The molecule has 0 saturated carbocycles. The Labute approximate surface area is 152 Å². The highest BCUT2D eigenvalue weighted by Gasteiger charge is 2.12. The molecular formula is C18H16FN3O3S. The quantitative estimate of drug-likeness (QED) is 0.747. The topological polar surface area (TPSA) is 76.6 Å². The third-order valence-corrected chi connectivity index (χ3v) is 4.30. The fourth-order valence-corrected chi connectivity index (χ4v) is 3.02. The van der Waals surface area contributed by atoms with E-state index in [-0.39, 0.29) is 17.2 Å². The van der Waals surface area contributed by atoms with Gasteiger partial charge in [-0.15, -0.1) is 11.3 Å². The lowest BCUT2D eigenvalue weighted by molar-refractivity contribution is 0.0925. The molecule has 8 heteroatoms. The van der Waals surface area contributed by atoms with Crippen LogP contribution in [-0.2, 0) is 6.54 Å². The number of hydrogen-bond acceptors (Lipinski definition) is 4. The lowest BCUT2D eigenvalue weighted by atomic mass is 10.2. The number of hydrogen-bond donors (Lipinski definition) is 1. The minimum Gasteiger partial charge on any atom is -0.454 e. The van der Waals surface area contributed by atoms with Gasteiger partial charge < -0.3 is 14.3 Å². The van der Waals surface area contributed by atoms with Crippen LogP contribution < -0.4 is 10.1 Å². The van der Waals surface area contributed by atoms with Crippen molar-refractivity contribution in [3.8, 4) is 0 Å². The Morgan fingerprint density at radius 2 is 2.08 bits per heavy atom. The summed E-state index contributed by atoms with van der Waals surface area (Å²) in [6, 6.07) is 8.99. The SMILES string of the molecule is CCNC(=O)c1ccc(Cn2ccsc2=NC(=O)c2ccccc2F)o1. The molecule has 26 heavy (non-hydrogen) atoms. The number of nitrogens with zero attached hydrogens (tertiary/aromatic N) is 2. The molecule has 0 aliphatic carbocycles. The molecular weight excluding hydrogens is 357 g/mol. The molecule has 3 aromatic rings. The number of nitrogens with one attached hydrogen (secondary N) is 1. The summed E-state index contributed by atoms with van der Waals surface area (Å²) in [5.74, 6) is -0.777. The summed E-state index contributed by atoms with van der Waals surface area (Å²) in [5, 5.41) is 4.42. The smallest absolute Gasteiger partial charge is 0.286 e. The van der Waals surface area contributed by atoms with Gasteiger partial charge in [0.05, 0.1) is 12.1 Å². The predicted octanol–water partition coefficient (Wildman–Crippen LogP) is 2.82. The Morgan fingerprint density at radius 3 is 2.85 bits per heavy atom. The second kappa shape index (κ2) is 7.92. The zero-order valence-corrected chi connectivity index (χ0v) is 14.8. The van der Waals surface area contributed by atoms with Gasteiger partial charge in [-0.2, -0.15) is 4.99 Å². The van der Waals surface area contributed by atoms with Crippen LogP contribution in [-0.4, -0.2) is 22.9 Å². The first kappa shape index (κ1) is 17.8. The maximum Gasteiger partial charge on any atom is 0.286 e. The van der Waals surface area contributed by atoms with Crippen LogP contribution in [0.3, 0.4) is 0 Å². The number of benzene rings is 1. The summed E-state index contributed by atoms with van der Waals surface area (Å²) in [7, 11) is 0. The highest BCUT2D eigenvalue weighted by Crippen LogP contribution is 2.10. The Bertz CT molecular complexity index is 1000. The van der Waals surface area contributed by atoms with Gasteiger partial charge in [-0.3, -0.25) is 9.59 Å². The summed E-state index contributed by atoms with van der Waals surface area (Å²) in [6.07, 6.45) is 1.74. The first-order chi connectivity index (χ1) is 12.6. The minimum atomic E-state index is -0.651. The molecule has 134 valence electrons. The van der Waals surface area contributed by atoms with Crippen molar-refractivity contribution < 1.29 is 18.4 Å². The van der Waals surface area contributed by atoms with Crippen molar-refractivity contribution in [2.75, 3.05) is 6.54 Å². The van der Waals surface area contributed by atoms with Crippen LogP contribution in [0, 0.1) is 5.82 Å². The van der Waals surface area contributed by atoms with Crippen molar-refractivity contribution in [3.63, 3.8) is 0 Å². The normalized spacial score (nSPS) is 11.5. The van der Waals surface area contributed by atoms with E-state index >= 15 is 0 Å². The fourth-order valence-electron chi connectivity index (χ4n) is 2.29. The first-order valence-corrected chi connectivity index (χ1v) is 8.81. The summed E-state index contributed by atoms with van der Waals surface area (Å²) in [5.41, 5.74) is -0.0797. The van der Waals surface area contributed by atoms with Gasteiger partial charge in [0.1, 0.15) is 11.6 Å². The number of amides is 2. The Hall–Kier alpha value is -3.00.